The Labute approximate surface area is 157 Å². The maximum atomic E-state index is 10.00. The second-order valence-electron chi connectivity index (χ2n) is 6.68. The van der Waals surface area contributed by atoms with Gasteiger partial charge < -0.3 is 24.4 Å². The van der Waals surface area contributed by atoms with Crippen LogP contribution in [0.5, 0.6) is 11.5 Å². The lowest BCUT2D eigenvalue weighted by Gasteiger charge is -2.48. The molecule has 0 aliphatic carbocycles. The molecule has 0 bridgehead atoms. The van der Waals surface area contributed by atoms with Gasteiger partial charge >= 0.3 is 6.75 Å². The predicted molar refractivity (Wildman–Crippen MR) is 106 cm³/mol. The molecular formula is C20H20BN2O4-. The van der Waals surface area contributed by atoms with E-state index in [0.717, 1.165) is 16.8 Å². The molecule has 0 spiro atoms. The third-order valence-corrected chi connectivity index (χ3v) is 4.57. The Bertz CT molecular complexity index is 999. The monoisotopic (exact) mass is 363 g/mol. The molecule has 2 aromatic carbocycles. The van der Waals surface area contributed by atoms with Crippen molar-refractivity contribution in [2.75, 3.05) is 12.4 Å². The molecule has 2 aliphatic heterocycles. The van der Waals surface area contributed by atoms with Crippen LogP contribution < -0.4 is 9.97 Å². The number of phenols is 1. The van der Waals surface area contributed by atoms with Gasteiger partial charge in [-0.15, -0.1) is 0 Å². The number of hydrogen-bond acceptors (Lipinski definition) is 6. The average molecular weight is 363 g/mol. The summed E-state index contributed by atoms with van der Waals surface area (Å²) in [5, 5.41) is 13.3. The van der Waals surface area contributed by atoms with Gasteiger partial charge in [0.15, 0.2) is 0 Å². The van der Waals surface area contributed by atoms with Crippen molar-refractivity contribution in [1.82, 2.24) is 0 Å². The third-order valence-electron chi connectivity index (χ3n) is 4.57. The van der Waals surface area contributed by atoms with Crippen molar-refractivity contribution in [2.24, 2.45) is 4.99 Å². The molecule has 0 amide bonds. The fraction of sp³-hybridized carbons (Fsp3) is 0.150. The Balaban J connectivity index is 1.63. The Morgan fingerprint density at radius 1 is 1.07 bits per heavy atom. The lowest BCUT2D eigenvalue weighted by Crippen LogP contribution is -2.55. The van der Waals surface area contributed by atoms with Crippen molar-refractivity contribution in [1.29, 1.82) is 0 Å². The van der Waals surface area contributed by atoms with Crippen molar-refractivity contribution in [3.8, 4) is 11.5 Å². The van der Waals surface area contributed by atoms with E-state index in [0.29, 0.717) is 22.8 Å². The molecule has 2 heterocycles. The minimum Gasteiger partial charge on any atom is -0.654 e. The fourth-order valence-corrected chi connectivity index (χ4v) is 3.11. The fourth-order valence-electron chi connectivity index (χ4n) is 3.11. The van der Waals surface area contributed by atoms with E-state index in [9.17, 15) is 5.11 Å². The first-order valence-corrected chi connectivity index (χ1v) is 8.69. The largest absolute Gasteiger partial charge is 0.654 e. The van der Waals surface area contributed by atoms with E-state index in [2.05, 4.69) is 10.3 Å². The van der Waals surface area contributed by atoms with Gasteiger partial charge in [-0.25, -0.2) is 4.99 Å². The highest BCUT2D eigenvalue weighted by Crippen LogP contribution is 2.39. The Morgan fingerprint density at radius 2 is 1.85 bits per heavy atom. The van der Waals surface area contributed by atoms with Crippen LogP contribution in [0, 0.1) is 13.8 Å². The number of nitrogens with zero attached hydrogens (tertiary/aromatic N) is 1. The first-order valence-electron chi connectivity index (χ1n) is 8.69. The van der Waals surface area contributed by atoms with E-state index < -0.39 is 6.75 Å². The molecule has 1 unspecified atom stereocenters. The molecule has 2 aromatic rings. The number of hydrogen-bond donors (Lipinski definition) is 2. The van der Waals surface area contributed by atoms with Crippen LogP contribution in [0.4, 0.5) is 11.4 Å². The van der Waals surface area contributed by atoms with Gasteiger partial charge in [0, 0.05) is 0 Å². The Morgan fingerprint density at radius 3 is 2.63 bits per heavy atom. The predicted octanol–water partition coefficient (Wildman–Crippen LogP) is 4.14. The quantitative estimate of drug-likeness (QED) is 0.634. The molecule has 27 heavy (non-hydrogen) atoms. The minimum absolute atomic E-state index is 0.117. The van der Waals surface area contributed by atoms with Crippen molar-refractivity contribution >= 4 is 24.3 Å². The minimum atomic E-state index is -2.19. The number of aliphatic imine (C=N–C) groups is 1. The second kappa shape index (κ2) is 6.52. The van der Waals surface area contributed by atoms with Crippen LogP contribution >= 0.6 is 0 Å². The number of rotatable bonds is 3. The number of anilines is 1. The van der Waals surface area contributed by atoms with Gasteiger partial charge in [0.25, 0.3) is 0 Å². The van der Waals surface area contributed by atoms with E-state index >= 15 is 0 Å². The summed E-state index contributed by atoms with van der Waals surface area (Å²) in [6.07, 6.45) is 5.17. The maximum Gasteiger partial charge on any atom is 0.538 e. The number of nitrogens with one attached hydrogen (secondary N) is 1. The van der Waals surface area contributed by atoms with Crippen LogP contribution in [-0.2, 0) is 9.31 Å². The van der Waals surface area contributed by atoms with E-state index in [1.165, 1.54) is 6.21 Å². The standard InChI is InChI=1S/C20H20BN2O4/c1-13-4-7-16(18(24)10-13)22-12-15-6-9-20-21(25-3,26-15)27-19-11-14(2)5-8-17(19)23-20/h4-12,23-24H,1-3H3/q-1. The lowest BCUT2D eigenvalue weighted by atomic mass is 9.70. The van der Waals surface area contributed by atoms with Crippen molar-refractivity contribution < 1.29 is 19.1 Å². The Hall–Kier alpha value is -3.19. The first-order chi connectivity index (χ1) is 13.0. The van der Waals surface area contributed by atoms with Crippen molar-refractivity contribution in [2.45, 2.75) is 13.8 Å². The zero-order valence-corrected chi connectivity index (χ0v) is 15.4. The van der Waals surface area contributed by atoms with Crippen LogP contribution in [0.25, 0.3) is 0 Å². The van der Waals surface area contributed by atoms with Gasteiger partial charge in [-0.3, -0.25) is 0 Å². The molecule has 2 aliphatic rings. The molecule has 2 N–H and O–H groups in total. The van der Waals surface area contributed by atoms with Crippen LogP contribution in [0.2, 0.25) is 0 Å². The molecule has 7 heteroatoms. The highest BCUT2D eigenvalue weighted by atomic mass is 16.8. The van der Waals surface area contributed by atoms with Gasteiger partial charge in [-0.2, -0.15) is 0 Å². The summed E-state index contributed by atoms with van der Waals surface area (Å²) in [4.78, 5) is 4.31. The highest BCUT2D eigenvalue weighted by molar-refractivity contribution is 6.71. The Kier molecular flexibility index (Phi) is 4.16. The number of phenolic OH excluding ortho intramolecular Hbond substituents is 1. The summed E-state index contributed by atoms with van der Waals surface area (Å²) >= 11 is 0. The van der Waals surface area contributed by atoms with Crippen molar-refractivity contribution in [3.05, 3.63) is 71.0 Å². The number of aromatic hydroxyl groups is 1. The smallest absolute Gasteiger partial charge is 0.538 e. The number of fused-ring (bicyclic) bond motifs is 2. The summed E-state index contributed by atoms with van der Waals surface area (Å²) < 4.78 is 17.8. The molecule has 138 valence electrons. The number of benzene rings is 2. The van der Waals surface area contributed by atoms with Gasteiger partial charge in [0.2, 0.25) is 0 Å². The zero-order chi connectivity index (χ0) is 19.0. The third kappa shape index (κ3) is 3.17. The van der Waals surface area contributed by atoms with Crippen LogP contribution in [0.3, 0.4) is 0 Å². The molecular weight excluding hydrogens is 343 g/mol. The summed E-state index contributed by atoms with van der Waals surface area (Å²) in [6, 6.07) is 11.2. The average Bonchev–Trinajstić information content (AvgIpc) is 2.65. The lowest BCUT2D eigenvalue weighted by molar-refractivity contribution is 0.183. The maximum absolute atomic E-state index is 10.00. The molecule has 0 radical (unpaired) electrons. The van der Waals surface area contributed by atoms with Crippen LogP contribution in [-0.4, -0.2) is 25.2 Å². The normalized spacial score (nSPS) is 20.6. The summed E-state index contributed by atoms with van der Waals surface area (Å²) in [5.41, 5.74) is 4.06. The molecule has 6 nitrogen and oxygen atoms in total. The van der Waals surface area contributed by atoms with E-state index in [1.54, 1.807) is 25.3 Å². The second-order valence-corrected chi connectivity index (χ2v) is 6.68. The zero-order valence-electron chi connectivity index (χ0n) is 15.4. The van der Waals surface area contributed by atoms with Crippen molar-refractivity contribution in [3.63, 3.8) is 0 Å². The SMILES string of the molecule is CO[B-]12OC(C=Nc3ccc(C)cc3O)=CC=C1Nc1ccc(C)cc1O2. The molecule has 0 saturated heterocycles. The van der Waals surface area contributed by atoms with Crippen LogP contribution in [0.1, 0.15) is 11.1 Å². The van der Waals surface area contributed by atoms with Gasteiger partial charge in [-0.1, -0.05) is 18.2 Å². The topological polar surface area (TPSA) is 72.3 Å². The van der Waals surface area contributed by atoms with Gasteiger partial charge in [-0.05, 0) is 68.0 Å². The van der Waals surface area contributed by atoms with Gasteiger partial charge in [0.1, 0.15) is 11.4 Å². The molecule has 0 saturated carbocycles. The number of allylic oxidation sites excluding steroid dienone is 3. The van der Waals surface area contributed by atoms with Gasteiger partial charge in [0.05, 0.1) is 23.4 Å². The summed E-state index contributed by atoms with van der Waals surface area (Å²) in [6.45, 7) is 1.71. The van der Waals surface area contributed by atoms with Crippen LogP contribution in [0.15, 0.2) is 64.9 Å². The molecule has 4 rings (SSSR count). The number of aryl methyl sites for hydroxylation is 2. The van der Waals surface area contributed by atoms with E-state index in [1.807, 2.05) is 44.2 Å². The molecule has 0 fully saturated rings. The summed E-state index contributed by atoms with van der Waals surface area (Å²) in [5.74, 6) is 1.26. The highest BCUT2D eigenvalue weighted by Gasteiger charge is 2.42. The first kappa shape index (κ1) is 17.2. The van der Waals surface area contributed by atoms with E-state index in [-0.39, 0.29) is 5.75 Å². The molecule has 0 aromatic heterocycles. The molecule has 1 atom stereocenters. The van der Waals surface area contributed by atoms with E-state index in [4.69, 9.17) is 14.0 Å². The summed E-state index contributed by atoms with van der Waals surface area (Å²) in [7, 11) is 1.54.